The Labute approximate surface area is 168 Å². The number of fused-ring (bicyclic) bond motifs is 1. The molecule has 1 aliphatic rings. The molecule has 5 nitrogen and oxygen atoms in total. The summed E-state index contributed by atoms with van der Waals surface area (Å²) >= 11 is 3.64. The number of aliphatic hydroxyl groups is 1. The molecule has 0 bridgehead atoms. The minimum absolute atomic E-state index is 0.292. The second kappa shape index (κ2) is 7.98. The van der Waals surface area contributed by atoms with Gasteiger partial charge in [0.1, 0.15) is 0 Å². The van der Waals surface area contributed by atoms with Crippen molar-refractivity contribution in [2.75, 3.05) is 11.4 Å². The summed E-state index contributed by atoms with van der Waals surface area (Å²) < 4.78 is 6.04. The van der Waals surface area contributed by atoms with Gasteiger partial charge in [-0.1, -0.05) is 24.3 Å². The van der Waals surface area contributed by atoms with Crippen LogP contribution in [0.2, 0.25) is 0 Å². The van der Waals surface area contributed by atoms with Crippen molar-refractivity contribution in [2.45, 2.75) is 52.9 Å². The highest BCUT2D eigenvalue weighted by atomic mass is 79.9. The summed E-state index contributed by atoms with van der Waals surface area (Å²) in [4.78, 5) is 19.1. The lowest BCUT2D eigenvalue weighted by Crippen LogP contribution is -2.33. The lowest BCUT2D eigenvalue weighted by atomic mass is 9.97. The van der Waals surface area contributed by atoms with E-state index in [0.29, 0.717) is 11.3 Å². The lowest BCUT2D eigenvalue weighted by Gasteiger charge is -2.34. The summed E-state index contributed by atoms with van der Waals surface area (Å²) in [5.74, 6) is -0.649. The molecule has 0 saturated heterocycles. The van der Waals surface area contributed by atoms with Crippen molar-refractivity contribution in [3.05, 3.63) is 56.8 Å². The van der Waals surface area contributed by atoms with E-state index in [-0.39, 0.29) is 6.10 Å². The summed E-state index contributed by atoms with van der Waals surface area (Å²) in [5.41, 5.74) is 5.40. The fourth-order valence-corrected chi connectivity index (χ4v) is 4.11. The zero-order chi connectivity index (χ0) is 19.7. The van der Waals surface area contributed by atoms with Crippen LogP contribution < -0.4 is 4.90 Å². The van der Waals surface area contributed by atoms with Crippen molar-refractivity contribution in [1.29, 1.82) is 0 Å². The third-order valence-electron chi connectivity index (χ3n) is 4.80. The molecule has 0 amide bonds. The van der Waals surface area contributed by atoms with E-state index in [1.165, 1.54) is 11.1 Å². The first-order chi connectivity index (χ1) is 12.8. The number of ether oxygens (including phenoxy) is 1. The summed E-state index contributed by atoms with van der Waals surface area (Å²) in [7, 11) is 0. The summed E-state index contributed by atoms with van der Waals surface area (Å²) in [6.45, 7) is 8.80. The molecule has 0 spiro atoms. The average molecular weight is 433 g/mol. The molecule has 0 aliphatic carbocycles. The molecule has 2 heterocycles. The Bertz CT molecular complexity index is 867. The van der Waals surface area contributed by atoms with E-state index in [1.807, 2.05) is 19.9 Å². The molecule has 1 aromatic carbocycles. The Morgan fingerprint density at radius 3 is 2.56 bits per heavy atom. The molecule has 1 aliphatic heterocycles. The van der Waals surface area contributed by atoms with Gasteiger partial charge in [0, 0.05) is 24.3 Å². The molecule has 1 atom stereocenters. The first-order valence-corrected chi connectivity index (χ1v) is 9.95. The number of carbonyl (C=O) groups is 1. The highest BCUT2D eigenvalue weighted by Gasteiger charge is 2.31. The number of hydrogen-bond acceptors (Lipinski definition) is 5. The fraction of sp³-hybridized carbons (Fsp3) is 0.429. The van der Waals surface area contributed by atoms with E-state index in [0.717, 1.165) is 35.4 Å². The van der Waals surface area contributed by atoms with Crippen molar-refractivity contribution >= 4 is 27.6 Å². The Morgan fingerprint density at radius 2 is 1.89 bits per heavy atom. The number of nitrogens with zero attached hydrogens (tertiary/aromatic N) is 2. The van der Waals surface area contributed by atoms with E-state index in [4.69, 9.17) is 4.74 Å². The molecule has 1 N–H and O–H groups in total. The maximum Gasteiger partial charge on any atom is 0.340 e. The minimum atomic E-state index is -1.37. The SMILES string of the molecule is Cc1nc(C)c([C@H](O)C(=O)OC(C)C)c(N2CCc3ccccc3C2)c1Br. The van der Waals surface area contributed by atoms with Crippen molar-refractivity contribution in [3.8, 4) is 0 Å². The zero-order valence-corrected chi connectivity index (χ0v) is 17.7. The number of aliphatic hydroxyl groups excluding tert-OH is 1. The molecule has 1 aromatic heterocycles. The van der Waals surface area contributed by atoms with Crippen LogP contribution in [-0.4, -0.2) is 28.7 Å². The van der Waals surface area contributed by atoms with Gasteiger partial charge in [0.05, 0.1) is 22.0 Å². The second-order valence-corrected chi connectivity index (χ2v) is 7.98. The smallest absolute Gasteiger partial charge is 0.340 e. The van der Waals surface area contributed by atoms with Gasteiger partial charge in [0.2, 0.25) is 0 Å². The molecule has 27 heavy (non-hydrogen) atoms. The van der Waals surface area contributed by atoms with Crippen LogP contribution in [0.3, 0.4) is 0 Å². The standard InChI is InChI=1S/C21H25BrN2O3/c1-12(2)27-21(26)20(25)17-13(3)23-14(4)18(22)19(17)24-10-9-15-7-5-6-8-16(15)11-24/h5-8,12,20,25H,9-11H2,1-4H3/t20-/m0/s1. The van der Waals surface area contributed by atoms with Gasteiger partial charge in [-0.3, -0.25) is 4.98 Å². The second-order valence-electron chi connectivity index (χ2n) is 7.19. The van der Waals surface area contributed by atoms with Crippen molar-refractivity contribution in [3.63, 3.8) is 0 Å². The Kier molecular flexibility index (Phi) is 5.86. The molecular weight excluding hydrogens is 408 g/mol. The number of carbonyl (C=O) groups excluding carboxylic acids is 1. The zero-order valence-electron chi connectivity index (χ0n) is 16.1. The predicted octanol–water partition coefficient (Wildman–Crippen LogP) is 4.01. The normalized spacial score (nSPS) is 14.9. The van der Waals surface area contributed by atoms with Crippen LogP contribution in [0, 0.1) is 13.8 Å². The summed E-state index contributed by atoms with van der Waals surface area (Å²) in [6.07, 6.45) is -0.752. The van der Waals surface area contributed by atoms with Crippen LogP contribution >= 0.6 is 15.9 Å². The van der Waals surface area contributed by atoms with E-state index in [1.54, 1.807) is 13.8 Å². The van der Waals surface area contributed by atoms with Gasteiger partial charge in [-0.25, -0.2) is 4.79 Å². The number of rotatable bonds is 4. The molecule has 2 aromatic rings. The first kappa shape index (κ1) is 19.8. The summed E-state index contributed by atoms with van der Waals surface area (Å²) in [5, 5.41) is 10.8. The van der Waals surface area contributed by atoms with Crippen molar-refractivity contribution in [1.82, 2.24) is 4.98 Å². The Balaban J connectivity index is 2.05. The predicted molar refractivity (Wildman–Crippen MR) is 109 cm³/mol. The topological polar surface area (TPSA) is 62.7 Å². The molecule has 144 valence electrons. The number of hydrogen-bond donors (Lipinski definition) is 1. The number of aromatic nitrogens is 1. The molecule has 0 radical (unpaired) electrons. The minimum Gasteiger partial charge on any atom is -0.461 e. The van der Waals surface area contributed by atoms with Crippen molar-refractivity contribution < 1.29 is 14.6 Å². The van der Waals surface area contributed by atoms with Gasteiger partial charge in [-0.05, 0) is 61.2 Å². The Hall–Kier alpha value is -1.92. The maximum atomic E-state index is 12.4. The highest BCUT2D eigenvalue weighted by molar-refractivity contribution is 9.10. The number of halogens is 1. The first-order valence-electron chi connectivity index (χ1n) is 9.16. The lowest BCUT2D eigenvalue weighted by molar-refractivity contribution is -0.157. The molecular formula is C21H25BrN2O3. The molecule has 6 heteroatoms. The van der Waals surface area contributed by atoms with E-state index < -0.39 is 12.1 Å². The summed E-state index contributed by atoms with van der Waals surface area (Å²) in [6, 6.07) is 8.37. The van der Waals surface area contributed by atoms with E-state index in [9.17, 15) is 9.90 Å². The van der Waals surface area contributed by atoms with Gasteiger partial charge in [-0.15, -0.1) is 0 Å². The monoisotopic (exact) mass is 432 g/mol. The van der Waals surface area contributed by atoms with E-state index >= 15 is 0 Å². The van der Waals surface area contributed by atoms with E-state index in [2.05, 4.69) is 44.0 Å². The van der Waals surface area contributed by atoms with Gasteiger partial charge in [-0.2, -0.15) is 0 Å². The number of esters is 1. The fourth-order valence-electron chi connectivity index (χ4n) is 3.56. The van der Waals surface area contributed by atoms with Gasteiger partial charge in [0.15, 0.2) is 6.10 Å². The van der Waals surface area contributed by atoms with Crippen LogP contribution in [0.25, 0.3) is 0 Å². The third-order valence-corrected chi connectivity index (χ3v) is 5.75. The van der Waals surface area contributed by atoms with Crippen LogP contribution in [0.15, 0.2) is 28.7 Å². The van der Waals surface area contributed by atoms with Crippen LogP contribution in [0.1, 0.15) is 48.0 Å². The molecule has 0 unspecified atom stereocenters. The number of benzene rings is 1. The number of aryl methyl sites for hydroxylation is 2. The maximum absolute atomic E-state index is 12.4. The van der Waals surface area contributed by atoms with Crippen LogP contribution in [0.4, 0.5) is 5.69 Å². The van der Waals surface area contributed by atoms with Gasteiger partial charge >= 0.3 is 5.97 Å². The third kappa shape index (κ3) is 4.01. The van der Waals surface area contributed by atoms with Crippen molar-refractivity contribution in [2.24, 2.45) is 0 Å². The molecule has 0 fully saturated rings. The van der Waals surface area contributed by atoms with Gasteiger partial charge < -0.3 is 14.7 Å². The average Bonchev–Trinajstić information content (AvgIpc) is 2.63. The van der Waals surface area contributed by atoms with Crippen LogP contribution in [0.5, 0.6) is 0 Å². The Morgan fingerprint density at radius 1 is 1.22 bits per heavy atom. The highest BCUT2D eigenvalue weighted by Crippen LogP contribution is 2.40. The van der Waals surface area contributed by atoms with Gasteiger partial charge in [0.25, 0.3) is 0 Å². The number of pyridine rings is 1. The number of anilines is 1. The largest absolute Gasteiger partial charge is 0.461 e. The quantitative estimate of drug-likeness (QED) is 0.739. The molecule has 3 rings (SSSR count). The molecule has 0 saturated carbocycles. The van der Waals surface area contributed by atoms with Crippen LogP contribution in [-0.2, 0) is 22.5 Å².